The molecule has 0 spiro atoms. The van der Waals surface area contributed by atoms with Crippen molar-refractivity contribution >= 4 is 39.5 Å². The fourth-order valence-electron chi connectivity index (χ4n) is 13.5. The van der Waals surface area contributed by atoms with E-state index in [1.165, 1.54) is 270 Å². The molecule has 0 aliphatic carbocycles. The number of aliphatic hydroxyl groups excluding tert-OH is 1. The van der Waals surface area contributed by atoms with E-state index < -0.39 is 97.5 Å². The Morgan fingerprint density at radius 1 is 0.274 bits per heavy atom. The predicted molar refractivity (Wildman–Crippen MR) is 437 cm³/mol. The van der Waals surface area contributed by atoms with Crippen LogP contribution in [0, 0.1) is 17.8 Å². The Morgan fingerprint density at radius 2 is 0.481 bits per heavy atom. The molecule has 0 aromatic rings. The minimum absolute atomic E-state index is 0.106. The maximum absolute atomic E-state index is 13.2. The maximum atomic E-state index is 13.2. The molecule has 0 aromatic carbocycles. The van der Waals surface area contributed by atoms with Gasteiger partial charge in [0.1, 0.15) is 19.3 Å². The summed E-state index contributed by atoms with van der Waals surface area (Å²) in [4.78, 5) is 73.3. The van der Waals surface area contributed by atoms with Crippen molar-refractivity contribution in [3.8, 4) is 0 Å². The molecule has 0 aliphatic heterocycles. The van der Waals surface area contributed by atoms with Crippen molar-refractivity contribution in [1.82, 2.24) is 0 Å². The van der Waals surface area contributed by atoms with Crippen molar-refractivity contribution in [3.05, 3.63) is 0 Å². The Bertz CT molecular complexity index is 2050. The van der Waals surface area contributed by atoms with Gasteiger partial charge >= 0.3 is 39.5 Å². The molecule has 19 heteroatoms. The highest BCUT2D eigenvalue weighted by Crippen LogP contribution is 2.45. The monoisotopic (exact) mass is 1550 g/mol. The molecule has 0 fully saturated rings. The van der Waals surface area contributed by atoms with E-state index in [9.17, 15) is 43.2 Å². The number of carbonyl (C=O) groups excluding carboxylic acids is 4. The molecular weight excluding hydrogens is 1380 g/mol. The molecule has 0 aliphatic rings. The summed E-state index contributed by atoms with van der Waals surface area (Å²) in [6.45, 7) is 12.0. The Hall–Kier alpha value is -1.94. The van der Waals surface area contributed by atoms with E-state index >= 15 is 0 Å². The summed E-state index contributed by atoms with van der Waals surface area (Å²) in [7, 11) is -9.93. The van der Waals surface area contributed by atoms with E-state index in [-0.39, 0.29) is 25.7 Å². The second-order valence-electron chi connectivity index (χ2n) is 32.2. The van der Waals surface area contributed by atoms with E-state index in [0.717, 1.165) is 108 Å². The van der Waals surface area contributed by atoms with Gasteiger partial charge in [-0.05, 0) is 43.4 Å². The third-order valence-corrected chi connectivity index (χ3v) is 23.0. The fraction of sp³-hybridized carbons (Fsp3) is 0.954. The number of unbranched alkanes of at least 4 members (excludes halogenated alkanes) is 51. The van der Waals surface area contributed by atoms with Crippen molar-refractivity contribution in [1.29, 1.82) is 0 Å². The lowest BCUT2D eigenvalue weighted by molar-refractivity contribution is -0.161. The van der Waals surface area contributed by atoms with Crippen LogP contribution in [0.4, 0.5) is 0 Å². The van der Waals surface area contributed by atoms with Crippen molar-refractivity contribution in [3.63, 3.8) is 0 Å². The lowest BCUT2D eigenvalue weighted by Crippen LogP contribution is -2.30. The van der Waals surface area contributed by atoms with Gasteiger partial charge in [0.15, 0.2) is 12.2 Å². The normalized spacial score (nSPS) is 14.4. The van der Waals surface area contributed by atoms with Crippen LogP contribution in [0.3, 0.4) is 0 Å². The molecule has 0 amide bonds. The summed E-state index contributed by atoms with van der Waals surface area (Å²) in [6.07, 6.45) is 68.0. The van der Waals surface area contributed by atoms with Crippen molar-refractivity contribution in [2.45, 2.75) is 478 Å². The topological polar surface area (TPSA) is 237 Å². The third-order valence-electron chi connectivity index (χ3n) is 21.1. The highest BCUT2D eigenvalue weighted by molar-refractivity contribution is 7.47. The Morgan fingerprint density at radius 3 is 0.717 bits per heavy atom. The number of esters is 4. The number of hydrogen-bond acceptors (Lipinski definition) is 15. The Labute approximate surface area is 651 Å². The first-order chi connectivity index (χ1) is 51.3. The van der Waals surface area contributed by atoms with Gasteiger partial charge in [0.25, 0.3) is 0 Å². The van der Waals surface area contributed by atoms with Gasteiger partial charge in [-0.2, -0.15) is 0 Å². The molecule has 0 aromatic heterocycles. The minimum atomic E-state index is -4.97. The van der Waals surface area contributed by atoms with Crippen LogP contribution in [0.15, 0.2) is 0 Å². The van der Waals surface area contributed by atoms with Crippen LogP contribution in [-0.2, 0) is 65.4 Å². The van der Waals surface area contributed by atoms with Crippen LogP contribution in [0.2, 0.25) is 0 Å². The lowest BCUT2D eigenvalue weighted by atomic mass is 9.99. The summed E-state index contributed by atoms with van der Waals surface area (Å²) in [6, 6.07) is 0. The molecule has 17 nitrogen and oxygen atoms in total. The summed E-state index contributed by atoms with van der Waals surface area (Å²) in [5.74, 6) is 0.288. The van der Waals surface area contributed by atoms with Gasteiger partial charge < -0.3 is 33.8 Å². The number of aliphatic hydroxyl groups is 1. The highest BCUT2D eigenvalue weighted by Gasteiger charge is 2.31. The smallest absolute Gasteiger partial charge is 0.462 e. The third kappa shape index (κ3) is 77.4. The number of ether oxygens (including phenoxy) is 4. The molecule has 0 radical (unpaired) electrons. The zero-order valence-electron chi connectivity index (χ0n) is 69.9. The van der Waals surface area contributed by atoms with Crippen molar-refractivity contribution in [2.24, 2.45) is 17.8 Å². The molecule has 0 rings (SSSR count). The predicted octanol–water partition coefficient (Wildman–Crippen LogP) is 26.5. The number of carbonyl (C=O) groups is 4. The van der Waals surface area contributed by atoms with Crippen LogP contribution in [0.25, 0.3) is 0 Å². The van der Waals surface area contributed by atoms with E-state index in [2.05, 4.69) is 48.5 Å². The average Bonchev–Trinajstić information content (AvgIpc) is 0.898. The van der Waals surface area contributed by atoms with Crippen LogP contribution < -0.4 is 0 Å². The molecule has 0 bridgehead atoms. The molecule has 4 unspecified atom stereocenters. The second-order valence-corrected chi connectivity index (χ2v) is 35.1. The van der Waals surface area contributed by atoms with Crippen molar-refractivity contribution < 1.29 is 80.2 Å². The van der Waals surface area contributed by atoms with Gasteiger partial charge in [-0.1, -0.05) is 408 Å². The van der Waals surface area contributed by atoms with Crippen LogP contribution in [-0.4, -0.2) is 96.7 Å². The van der Waals surface area contributed by atoms with Gasteiger partial charge in [-0.15, -0.1) is 0 Å². The number of phosphoric ester groups is 2. The zero-order valence-corrected chi connectivity index (χ0v) is 71.7. The van der Waals surface area contributed by atoms with E-state index in [1.807, 2.05) is 0 Å². The van der Waals surface area contributed by atoms with Crippen LogP contribution in [0.5, 0.6) is 0 Å². The molecule has 630 valence electrons. The number of rotatable bonds is 85. The second kappa shape index (κ2) is 77.0. The largest absolute Gasteiger partial charge is 0.472 e. The molecule has 0 saturated heterocycles. The van der Waals surface area contributed by atoms with Crippen LogP contribution >= 0.6 is 15.6 Å². The molecule has 3 N–H and O–H groups in total. The summed E-state index contributed by atoms with van der Waals surface area (Å²) < 4.78 is 68.9. The van der Waals surface area contributed by atoms with Gasteiger partial charge in [-0.25, -0.2) is 9.13 Å². The molecule has 0 heterocycles. The van der Waals surface area contributed by atoms with Gasteiger partial charge in [-0.3, -0.25) is 37.3 Å². The molecule has 106 heavy (non-hydrogen) atoms. The lowest BCUT2D eigenvalue weighted by Gasteiger charge is -2.21. The minimum Gasteiger partial charge on any atom is -0.462 e. The number of phosphoric acid groups is 2. The SMILES string of the molecule is CCCCCCCCCCCCCCCCCCCCCCCC(=O)O[C@H](COC(=O)CCCCCCCCCCCCCCCCCCC(C)C)COP(=O)(O)OC[C@@H](O)COP(=O)(O)OC[C@@H](COC(=O)CCCCCCCCCCC(C)CC)OC(=O)CCCCCCCCCCCCC(C)CC. The number of hydrogen-bond donors (Lipinski definition) is 3. The Kier molecular flexibility index (Phi) is 75.6. The Balaban J connectivity index is 5.25. The quantitative estimate of drug-likeness (QED) is 0.0222. The standard InChI is InChI=1S/C87H170O17P2/c1-8-11-12-13-14-15-16-17-18-19-20-21-22-23-28-31-34-40-49-56-63-70-86(91)103-82(74-97-84(89)68-61-54-47-39-33-30-27-25-24-26-29-32-37-44-51-58-65-78(4)5)76-101-105(93,94)99-72-81(88)73-100-106(95,96)102-77-83(75-98-85(90)69-62-55-48-43-42-46-53-60-67-80(7)10-3)104-87(92)71-64-57-50-41-36-35-38-45-52-59-66-79(6)9-2/h78-83,88H,8-77H2,1-7H3,(H,93,94)(H,95,96)/t79?,80?,81-,82-,83-/m1/s1. The van der Waals surface area contributed by atoms with Crippen molar-refractivity contribution in [2.75, 3.05) is 39.6 Å². The van der Waals surface area contributed by atoms with Gasteiger partial charge in [0.2, 0.25) is 0 Å². The van der Waals surface area contributed by atoms with E-state index in [4.69, 9.17) is 37.0 Å². The summed E-state index contributed by atoms with van der Waals surface area (Å²) >= 11 is 0. The first-order valence-electron chi connectivity index (χ1n) is 44.9. The first kappa shape index (κ1) is 104. The fourth-order valence-corrected chi connectivity index (χ4v) is 15.1. The van der Waals surface area contributed by atoms with E-state index in [1.54, 1.807) is 0 Å². The average molecular weight is 1550 g/mol. The van der Waals surface area contributed by atoms with Crippen LogP contribution in [0.1, 0.15) is 459 Å². The highest BCUT2D eigenvalue weighted by atomic mass is 31.2. The molecular formula is C87H170O17P2. The van der Waals surface area contributed by atoms with Gasteiger partial charge in [0, 0.05) is 25.7 Å². The molecule has 7 atom stereocenters. The van der Waals surface area contributed by atoms with Gasteiger partial charge in [0.05, 0.1) is 26.4 Å². The molecule has 0 saturated carbocycles. The summed E-state index contributed by atoms with van der Waals surface area (Å²) in [5.41, 5.74) is 0. The maximum Gasteiger partial charge on any atom is 0.472 e. The van der Waals surface area contributed by atoms with E-state index in [0.29, 0.717) is 25.7 Å². The summed E-state index contributed by atoms with van der Waals surface area (Å²) in [5, 5.41) is 10.7. The first-order valence-corrected chi connectivity index (χ1v) is 47.9. The zero-order chi connectivity index (χ0) is 77.9.